The molecule has 0 bridgehead atoms. The SMILES string of the molecule is CC(C)(C)OC(=O)N1CCCC(c2nc(-c3ccc(Br)cc3)cs2)C1. The Bertz CT molecular complexity index is 737. The molecule has 1 aliphatic heterocycles. The van der Waals surface area contributed by atoms with Gasteiger partial charge in [-0.05, 0) is 45.7 Å². The average Bonchev–Trinajstić information content (AvgIpc) is 3.04. The van der Waals surface area contributed by atoms with Gasteiger partial charge in [0.15, 0.2) is 0 Å². The zero-order valence-corrected chi connectivity index (χ0v) is 17.2. The van der Waals surface area contributed by atoms with Gasteiger partial charge in [-0.15, -0.1) is 11.3 Å². The molecule has 1 amide bonds. The molecule has 25 heavy (non-hydrogen) atoms. The summed E-state index contributed by atoms with van der Waals surface area (Å²) in [4.78, 5) is 19.0. The molecular weight excluding hydrogens is 400 g/mol. The maximum Gasteiger partial charge on any atom is 0.410 e. The van der Waals surface area contributed by atoms with Crippen LogP contribution in [0.5, 0.6) is 0 Å². The second kappa shape index (κ2) is 7.46. The lowest BCUT2D eigenvalue weighted by molar-refractivity contribution is 0.0198. The third-order valence-corrected chi connectivity index (χ3v) is 5.62. The number of amides is 1. The van der Waals surface area contributed by atoms with Crippen LogP contribution in [0.2, 0.25) is 0 Å². The van der Waals surface area contributed by atoms with E-state index in [1.807, 2.05) is 37.8 Å². The van der Waals surface area contributed by atoms with Crippen molar-refractivity contribution < 1.29 is 9.53 Å². The summed E-state index contributed by atoms with van der Waals surface area (Å²) in [5.41, 5.74) is 1.66. The Morgan fingerprint density at radius 1 is 1.32 bits per heavy atom. The fourth-order valence-corrected chi connectivity index (χ4v) is 4.12. The summed E-state index contributed by atoms with van der Waals surface area (Å²) in [6.45, 7) is 7.14. The van der Waals surface area contributed by atoms with Crippen LogP contribution < -0.4 is 0 Å². The van der Waals surface area contributed by atoms with Crippen molar-refractivity contribution in [1.82, 2.24) is 9.88 Å². The zero-order valence-electron chi connectivity index (χ0n) is 14.8. The van der Waals surface area contributed by atoms with E-state index in [0.717, 1.165) is 40.1 Å². The first-order chi connectivity index (χ1) is 11.8. The highest BCUT2D eigenvalue weighted by molar-refractivity contribution is 9.10. The Hall–Kier alpha value is -1.40. The third kappa shape index (κ3) is 4.82. The van der Waals surface area contributed by atoms with Crippen LogP contribution in [0.1, 0.15) is 44.5 Å². The number of rotatable bonds is 2. The van der Waals surface area contributed by atoms with E-state index in [1.165, 1.54) is 0 Å². The summed E-state index contributed by atoms with van der Waals surface area (Å²) in [6.07, 6.45) is 1.82. The lowest BCUT2D eigenvalue weighted by atomic mass is 9.99. The van der Waals surface area contributed by atoms with Crippen molar-refractivity contribution in [3.8, 4) is 11.3 Å². The van der Waals surface area contributed by atoms with Crippen LogP contribution in [-0.2, 0) is 4.74 Å². The highest BCUT2D eigenvalue weighted by Crippen LogP contribution is 2.32. The Morgan fingerprint density at radius 3 is 2.72 bits per heavy atom. The first kappa shape index (κ1) is 18.4. The standard InChI is InChI=1S/C19H23BrN2O2S/c1-19(2,3)24-18(23)22-10-4-5-14(11-22)17-21-16(12-25-17)13-6-8-15(20)9-7-13/h6-9,12,14H,4-5,10-11H2,1-3H3. The number of ether oxygens (including phenoxy) is 1. The number of benzene rings is 1. The molecule has 1 fully saturated rings. The monoisotopic (exact) mass is 422 g/mol. The number of hydrogen-bond acceptors (Lipinski definition) is 4. The first-order valence-corrected chi connectivity index (χ1v) is 10.2. The highest BCUT2D eigenvalue weighted by atomic mass is 79.9. The van der Waals surface area contributed by atoms with E-state index in [2.05, 4.69) is 33.4 Å². The molecule has 1 atom stereocenters. The normalized spacial score (nSPS) is 18.2. The predicted octanol–water partition coefficient (Wildman–Crippen LogP) is 5.69. The number of hydrogen-bond donors (Lipinski definition) is 0. The largest absolute Gasteiger partial charge is 0.444 e. The number of carbonyl (C=O) groups excluding carboxylic acids is 1. The maximum absolute atomic E-state index is 12.3. The van der Waals surface area contributed by atoms with E-state index in [9.17, 15) is 4.79 Å². The molecule has 1 unspecified atom stereocenters. The van der Waals surface area contributed by atoms with Crippen LogP contribution in [0, 0.1) is 0 Å². The molecule has 1 aromatic carbocycles. The van der Waals surface area contributed by atoms with Gasteiger partial charge < -0.3 is 9.64 Å². The number of thiazole rings is 1. The van der Waals surface area contributed by atoms with Crippen LogP contribution in [0.4, 0.5) is 4.79 Å². The fourth-order valence-electron chi connectivity index (χ4n) is 2.90. The van der Waals surface area contributed by atoms with Crippen LogP contribution in [0.3, 0.4) is 0 Å². The topological polar surface area (TPSA) is 42.4 Å². The second-order valence-corrected chi connectivity index (χ2v) is 9.15. The van der Waals surface area contributed by atoms with Crippen LogP contribution >= 0.6 is 27.3 Å². The molecular formula is C19H23BrN2O2S. The van der Waals surface area contributed by atoms with Gasteiger partial charge in [0.05, 0.1) is 10.7 Å². The van der Waals surface area contributed by atoms with Crippen molar-refractivity contribution in [2.45, 2.75) is 45.1 Å². The Morgan fingerprint density at radius 2 is 2.04 bits per heavy atom. The molecule has 4 nitrogen and oxygen atoms in total. The van der Waals surface area contributed by atoms with Gasteiger partial charge in [-0.25, -0.2) is 9.78 Å². The van der Waals surface area contributed by atoms with Crippen molar-refractivity contribution >= 4 is 33.4 Å². The molecule has 134 valence electrons. The minimum absolute atomic E-state index is 0.220. The Labute approximate surface area is 161 Å². The summed E-state index contributed by atoms with van der Waals surface area (Å²) >= 11 is 5.14. The van der Waals surface area contributed by atoms with E-state index in [1.54, 1.807) is 11.3 Å². The number of piperidine rings is 1. The summed E-state index contributed by atoms with van der Waals surface area (Å²) < 4.78 is 6.57. The summed E-state index contributed by atoms with van der Waals surface area (Å²) in [7, 11) is 0. The average molecular weight is 423 g/mol. The van der Waals surface area contributed by atoms with Gasteiger partial charge in [0.1, 0.15) is 5.60 Å². The van der Waals surface area contributed by atoms with Gasteiger partial charge >= 0.3 is 6.09 Å². The van der Waals surface area contributed by atoms with Gasteiger partial charge in [-0.3, -0.25) is 0 Å². The molecule has 3 rings (SSSR count). The summed E-state index contributed by atoms with van der Waals surface area (Å²) in [5, 5.41) is 3.21. The number of aromatic nitrogens is 1. The van der Waals surface area contributed by atoms with E-state index in [4.69, 9.17) is 9.72 Å². The van der Waals surface area contributed by atoms with Gasteiger partial charge in [-0.2, -0.15) is 0 Å². The van der Waals surface area contributed by atoms with E-state index < -0.39 is 5.60 Å². The van der Waals surface area contributed by atoms with E-state index >= 15 is 0 Å². The lowest BCUT2D eigenvalue weighted by Gasteiger charge is -2.33. The van der Waals surface area contributed by atoms with Crippen LogP contribution in [0.15, 0.2) is 34.1 Å². The Balaban J connectivity index is 1.70. The molecule has 0 aliphatic carbocycles. The van der Waals surface area contributed by atoms with Crippen LogP contribution in [0.25, 0.3) is 11.3 Å². The molecule has 0 radical (unpaired) electrons. The summed E-state index contributed by atoms with van der Waals surface area (Å²) in [5.74, 6) is 0.287. The van der Waals surface area contributed by atoms with Gasteiger partial charge in [0, 0.05) is 34.4 Å². The third-order valence-electron chi connectivity index (χ3n) is 4.08. The maximum atomic E-state index is 12.3. The molecule has 0 N–H and O–H groups in total. The van der Waals surface area contributed by atoms with Gasteiger partial charge in [0.2, 0.25) is 0 Å². The molecule has 1 aliphatic rings. The quantitative estimate of drug-likeness (QED) is 0.624. The van der Waals surface area contributed by atoms with Crippen molar-refractivity contribution in [3.05, 3.63) is 39.1 Å². The van der Waals surface area contributed by atoms with Crippen molar-refractivity contribution in [2.24, 2.45) is 0 Å². The first-order valence-electron chi connectivity index (χ1n) is 8.51. The molecule has 2 aromatic rings. The molecule has 2 heterocycles. The summed E-state index contributed by atoms with van der Waals surface area (Å²) in [6, 6.07) is 8.19. The van der Waals surface area contributed by atoms with Crippen LogP contribution in [-0.4, -0.2) is 34.7 Å². The van der Waals surface area contributed by atoms with Gasteiger partial charge in [0.25, 0.3) is 0 Å². The predicted molar refractivity (Wildman–Crippen MR) is 105 cm³/mol. The number of carbonyl (C=O) groups is 1. The molecule has 1 aromatic heterocycles. The minimum Gasteiger partial charge on any atom is -0.444 e. The van der Waals surface area contributed by atoms with Crippen molar-refractivity contribution in [2.75, 3.05) is 13.1 Å². The molecule has 0 saturated carbocycles. The number of likely N-dealkylation sites (tertiary alicyclic amines) is 1. The number of nitrogens with zero attached hydrogens (tertiary/aromatic N) is 2. The minimum atomic E-state index is -0.458. The fraction of sp³-hybridized carbons (Fsp3) is 0.474. The molecule has 6 heteroatoms. The molecule has 0 spiro atoms. The smallest absolute Gasteiger partial charge is 0.410 e. The van der Waals surface area contributed by atoms with E-state index in [-0.39, 0.29) is 12.0 Å². The van der Waals surface area contributed by atoms with Crippen molar-refractivity contribution in [3.63, 3.8) is 0 Å². The second-order valence-electron chi connectivity index (χ2n) is 7.34. The number of halogens is 1. The Kier molecular flexibility index (Phi) is 5.49. The van der Waals surface area contributed by atoms with Gasteiger partial charge in [-0.1, -0.05) is 28.1 Å². The van der Waals surface area contributed by atoms with Crippen molar-refractivity contribution in [1.29, 1.82) is 0 Å². The van der Waals surface area contributed by atoms with E-state index in [0.29, 0.717) is 6.54 Å². The lowest BCUT2D eigenvalue weighted by Crippen LogP contribution is -2.42. The highest BCUT2D eigenvalue weighted by Gasteiger charge is 2.29. The molecule has 1 saturated heterocycles. The zero-order chi connectivity index (χ0) is 18.0.